The van der Waals surface area contributed by atoms with E-state index in [1.807, 2.05) is 78.9 Å². The minimum absolute atomic E-state index is 0.0518. The first kappa shape index (κ1) is 34.4. The lowest BCUT2D eigenvalue weighted by Gasteiger charge is -2.24. The molecule has 4 aromatic carbocycles. The Bertz CT molecular complexity index is 1960. The van der Waals surface area contributed by atoms with Crippen molar-refractivity contribution in [1.29, 1.82) is 0 Å². The molecule has 0 atom stereocenters. The van der Waals surface area contributed by atoms with Gasteiger partial charge in [-0.25, -0.2) is 8.42 Å². The van der Waals surface area contributed by atoms with Gasteiger partial charge in [0.2, 0.25) is 15.8 Å². The van der Waals surface area contributed by atoms with Crippen LogP contribution in [0.15, 0.2) is 95.9 Å². The summed E-state index contributed by atoms with van der Waals surface area (Å²) >= 11 is 0. The first-order valence-corrected chi connectivity index (χ1v) is 20.3. The maximum atomic E-state index is 14.8. The highest BCUT2D eigenvalue weighted by molar-refractivity contribution is 7.89. The Morgan fingerprint density at radius 1 is 0.729 bits per heavy atom. The molecule has 0 amide bonds. The average Bonchev–Trinajstić information content (AvgIpc) is 3.55. The zero-order valence-electron chi connectivity index (χ0n) is 28.0. The molecule has 12 heteroatoms. The number of rotatable bonds is 12. The fourth-order valence-electron chi connectivity index (χ4n) is 4.87. The normalized spacial score (nSPS) is 11.6. The van der Waals surface area contributed by atoms with Crippen molar-refractivity contribution in [3.63, 3.8) is 0 Å². The van der Waals surface area contributed by atoms with Crippen LogP contribution in [-0.2, 0) is 29.7 Å². The zero-order chi connectivity index (χ0) is 34.3. The Kier molecular flexibility index (Phi) is 10.6. The number of methoxy groups -OCH3 is 3. The van der Waals surface area contributed by atoms with Crippen LogP contribution in [0.3, 0.4) is 0 Å². The van der Waals surface area contributed by atoms with Crippen LogP contribution in [0.5, 0.6) is 17.2 Å². The molecule has 1 aromatic heterocycles. The average molecular weight is 682 g/mol. The summed E-state index contributed by atoms with van der Waals surface area (Å²) in [4.78, 5) is 1.50. The molecule has 10 nitrogen and oxygen atoms in total. The van der Waals surface area contributed by atoms with Crippen LogP contribution in [0.25, 0.3) is 11.4 Å². The topological polar surface area (TPSA) is 109 Å². The fourth-order valence-corrected chi connectivity index (χ4v) is 7.01. The van der Waals surface area contributed by atoms with Crippen molar-refractivity contribution < 1.29 is 22.6 Å². The SMILES string of the molecule is COc1ccc(CN(Cc2ccc(OC)cc2)S(=O)(=O)c2cccc(C#C[Si](C)(C)C)c2-c2nnn(Cc3ccc(OC)cc3)n2)cc1. The number of benzene rings is 4. The minimum Gasteiger partial charge on any atom is -0.497 e. The van der Waals surface area contributed by atoms with Gasteiger partial charge >= 0.3 is 0 Å². The summed E-state index contributed by atoms with van der Waals surface area (Å²) in [6.07, 6.45) is 0. The molecule has 5 rings (SSSR count). The predicted molar refractivity (Wildman–Crippen MR) is 188 cm³/mol. The second kappa shape index (κ2) is 14.9. The van der Waals surface area contributed by atoms with Crippen molar-refractivity contribution in [1.82, 2.24) is 24.5 Å². The van der Waals surface area contributed by atoms with Crippen LogP contribution in [0.1, 0.15) is 22.3 Å². The molecule has 0 saturated heterocycles. The molecular weight excluding hydrogens is 643 g/mol. The van der Waals surface area contributed by atoms with E-state index in [2.05, 4.69) is 46.5 Å². The van der Waals surface area contributed by atoms with Crippen molar-refractivity contribution in [3.8, 4) is 40.1 Å². The molecule has 48 heavy (non-hydrogen) atoms. The smallest absolute Gasteiger partial charge is 0.244 e. The van der Waals surface area contributed by atoms with E-state index in [0.717, 1.165) is 22.4 Å². The number of sulfonamides is 1. The van der Waals surface area contributed by atoms with E-state index < -0.39 is 18.1 Å². The molecule has 0 aliphatic carbocycles. The van der Waals surface area contributed by atoms with Crippen LogP contribution in [0.2, 0.25) is 19.6 Å². The van der Waals surface area contributed by atoms with Crippen LogP contribution >= 0.6 is 0 Å². The third-order valence-electron chi connectivity index (χ3n) is 7.41. The Morgan fingerprint density at radius 2 is 1.23 bits per heavy atom. The fraction of sp³-hybridized carbons (Fsp3) is 0.250. The van der Waals surface area contributed by atoms with E-state index in [9.17, 15) is 8.42 Å². The summed E-state index contributed by atoms with van der Waals surface area (Å²) < 4.78 is 47.0. The van der Waals surface area contributed by atoms with Crippen molar-refractivity contribution in [2.75, 3.05) is 21.3 Å². The van der Waals surface area contributed by atoms with Crippen molar-refractivity contribution in [2.24, 2.45) is 0 Å². The van der Waals surface area contributed by atoms with Crippen molar-refractivity contribution in [2.45, 2.75) is 44.2 Å². The zero-order valence-corrected chi connectivity index (χ0v) is 29.8. The van der Waals surface area contributed by atoms with Crippen molar-refractivity contribution in [3.05, 3.63) is 113 Å². The third-order valence-corrected chi connectivity index (χ3v) is 10.1. The second-order valence-electron chi connectivity index (χ2n) is 12.1. The molecule has 0 radical (unpaired) electrons. The molecular formula is C36H39N5O5SSi. The predicted octanol–water partition coefficient (Wildman–Crippen LogP) is 6.03. The molecule has 0 aliphatic rings. The highest BCUT2D eigenvalue weighted by Crippen LogP contribution is 2.32. The van der Waals surface area contributed by atoms with E-state index in [1.165, 1.54) is 9.10 Å². The quantitative estimate of drug-likeness (QED) is 0.116. The van der Waals surface area contributed by atoms with Crippen LogP contribution in [0, 0.1) is 11.5 Å². The number of tetrazole rings is 1. The lowest BCUT2D eigenvalue weighted by atomic mass is 10.1. The van der Waals surface area contributed by atoms with E-state index in [1.54, 1.807) is 33.5 Å². The summed E-state index contributed by atoms with van der Waals surface area (Å²) in [6, 6.07) is 27.4. The summed E-state index contributed by atoms with van der Waals surface area (Å²) in [5, 5.41) is 13.3. The molecule has 1 heterocycles. The number of aromatic nitrogens is 4. The van der Waals surface area contributed by atoms with Gasteiger partial charge in [0.1, 0.15) is 25.3 Å². The Morgan fingerprint density at radius 3 is 1.71 bits per heavy atom. The first-order chi connectivity index (χ1) is 23.0. The standard InChI is InChI=1S/C36H39N5O5SSi/c1-44-31-16-10-27(11-17-31)24-40(25-28-12-18-32(45-2)19-13-28)47(42,43)34-9-7-8-30(22-23-48(4,5)6)35(34)36-37-39-41(38-36)26-29-14-20-33(46-3)21-15-29/h7-21H,24-26H2,1-6H3. The highest BCUT2D eigenvalue weighted by Gasteiger charge is 2.31. The van der Waals surface area contributed by atoms with Gasteiger partial charge in [0, 0.05) is 18.7 Å². The molecule has 0 aliphatic heterocycles. The first-order valence-electron chi connectivity index (χ1n) is 15.3. The number of ether oxygens (including phenoxy) is 3. The van der Waals surface area contributed by atoms with Gasteiger partial charge in [-0.2, -0.15) is 9.10 Å². The number of hydrogen-bond donors (Lipinski definition) is 0. The van der Waals surface area contributed by atoms with E-state index in [-0.39, 0.29) is 23.8 Å². The van der Waals surface area contributed by atoms with E-state index in [4.69, 9.17) is 14.2 Å². The maximum Gasteiger partial charge on any atom is 0.244 e. The lowest BCUT2D eigenvalue weighted by molar-refractivity contribution is 0.397. The molecule has 0 N–H and O–H groups in total. The molecule has 0 saturated carbocycles. The lowest BCUT2D eigenvalue weighted by Crippen LogP contribution is -2.31. The number of hydrogen-bond acceptors (Lipinski definition) is 8. The van der Waals surface area contributed by atoms with Crippen LogP contribution in [-0.4, -0.2) is 62.3 Å². The van der Waals surface area contributed by atoms with E-state index >= 15 is 0 Å². The van der Waals surface area contributed by atoms with Crippen LogP contribution < -0.4 is 14.2 Å². The molecule has 0 unspecified atom stereocenters. The van der Waals surface area contributed by atoms with Gasteiger partial charge in [0.25, 0.3) is 0 Å². The molecule has 248 valence electrons. The minimum atomic E-state index is -4.16. The monoisotopic (exact) mass is 681 g/mol. The summed E-state index contributed by atoms with van der Waals surface area (Å²) in [6.45, 7) is 6.96. The maximum absolute atomic E-state index is 14.8. The van der Waals surface area contributed by atoms with Gasteiger partial charge < -0.3 is 14.2 Å². The van der Waals surface area contributed by atoms with Crippen molar-refractivity contribution >= 4 is 18.1 Å². The Labute approximate surface area is 283 Å². The molecule has 0 bridgehead atoms. The third kappa shape index (κ3) is 8.49. The van der Waals surface area contributed by atoms with Gasteiger partial charge in [-0.1, -0.05) is 68.0 Å². The van der Waals surface area contributed by atoms with Gasteiger partial charge in [-0.3, -0.25) is 0 Å². The Hall–Kier alpha value is -4.96. The summed E-state index contributed by atoms with van der Waals surface area (Å²) in [7, 11) is -1.19. The highest BCUT2D eigenvalue weighted by atomic mass is 32.2. The Balaban J connectivity index is 1.61. The molecule has 0 fully saturated rings. The van der Waals surface area contributed by atoms with Gasteiger partial charge in [0.05, 0.1) is 38.3 Å². The van der Waals surface area contributed by atoms with Gasteiger partial charge in [-0.15, -0.1) is 15.7 Å². The van der Waals surface area contributed by atoms with Crippen LogP contribution in [0.4, 0.5) is 0 Å². The largest absolute Gasteiger partial charge is 0.497 e. The van der Waals surface area contributed by atoms with E-state index in [0.29, 0.717) is 29.2 Å². The molecule has 0 spiro atoms. The summed E-state index contributed by atoms with van der Waals surface area (Å²) in [5.41, 5.74) is 6.75. The summed E-state index contributed by atoms with van der Waals surface area (Å²) in [5.74, 6) is 5.55. The van der Waals surface area contributed by atoms with Gasteiger partial charge in [0.15, 0.2) is 0 Å². The molecule has 5 aromatic rings. The number of nitrogens with zero attached hydrogens (tertiary/aromatic N) is 5. The van der Waals surface area contributed by atoms with Gasteiger partial charge in [-0.05, 0) is 70.4 Å². The second-order valence-corrected chi connectivity index (χ2v) is 18.8.